The van der Waals surface area contributed by atoms with Crippen LogP contribution < -0.4 is 14.9 Å². The number of ether oxygens (including phenoxy) is 2. The normalized spacial score (nSPS) is 10.6. The van der Waals surface area contributed by atoms with Gasteiger partial charge in [0.05, 0.1) is 21.8 Å². The van der Waals surface area contributed by atoms with Gasteiger partial charge >= 0.3 is 5.97 Å². The summed E-state index contributed by atoms with van der Waals surface area (Å²) in [5.74, 6) is -0.631. The molecule has 2 N–H and O–H groups in total. The number of halogens is 1. The van der Waals surface area contributed by atoms with Gasteiger partial charge in [0.15, 0.2) is 18.1 Å². The van der Waals surface area contributed by atoms with Crippen molar-refractivity contribution in [1.82, 2.24) is 5.43 Å². The summed E-state index contributed by atoms with van der Waals surface area (Å²) in [7, 11) is 1.46. The monoisotopic (exact) mass is 460 g/mol. The van der Waals surface area contributed by atoms with Gasteiger partial charge in [-0.2, -0.15) is 5.10 Å². The Kier molecular flexibility index (Phi) is 6.55. The van der Waals surface area contributed by atoms with Crippen LogP contribution in [0.25, 0.3) is 0 Å². The summed E-state index contributed by atoms with van der Waals surface area (Å²) in [6, 6.07) is 6.86. The Balaban J connectivity index is 2.10. The summed E-state index contributed by atoms with van der Waals surface area (Å²) >= 11 is 3.33. The molecule has 0 aliphatic heterocycles. The number of carboxylic acid groups (broad SMARTS) is 1. The zero-order chi connectivity index (χ0) is 17.5. The van der Waals surface area contributed by atoms with Crippen molar-refractivity contribution in [2.75, 3.05) is 13.7 Å². The number of carboxylic acids is 1. The van der Waals surface area contributed by atoms with Crippen LogP contribution >= 0.6 is 33.9 Å². The van der Waals surface area contributed by atoms with Crippen molar-refractivity contribution in [2.24, 2.45) is 5.10 Å². The number of nitrogens with zero attached hydrogens (tertiary/aromatic N) is 1. The molecule has 126 valence electrons. The van der Waals surface area contributed by atoms with Crippen molar-refractivity contribution in [1.29, 1.82) is 0 Å². The van der Waals surface area contributed by atoms with Crippen molar-refractivity contribution in [3.05, 3.63) is 43.7 Å². The molecular weight excluding hydrogens is 447 g/mol. The molecule has 0 unspecified atom stereocenters. The predicted molar refractivity (Wildman–Crippen MR) is 98.2 cm³/mol. The van der Waals surface area contributed by atoms with E-state index in [4.69, 9.17) is 14.6 Å². The molecule has 0 radical (unpaired) electrons. The number of aliphatic carboxylic acids is 1. The van der Waals surface area contributed by atoms with Crippen molar-refractivity contribution in [3.8, 4) is 11.5 Å². The fourth-order valence-corrected chi connectivity index (χ4v) is 3.11. The second kappa shape index (κ2) is 8.64. The lowest BCUT2D eigenvalue weighted by Crippen LogP contribution is -2.16. The summed E-state index contributed by atoms with van der Waals surface area (Å²) in [5.41, 5.74) is 3.11. The third-order valence-electron chi connectivity index (χ3n) is 2.72. The highest BCUT2D eigenvalue weighted by atomic mass is 127. The van der Waals surface area contributed by atoms with Crippen LogP contribution in [0.1, 0.15) is 15.2 Å². The van der Waals surface area contributed by atoms with E-state index in [9.17, 15) is 9.59 Å². The number of hydrogen-bond donors (Lipinski definition) is 2. The van der Waals surface area contributed by atoms with Gasteiger partial charge in [-0.25, -0.2) is 10.2 Å². The SMILES string of the molecule is COc1cc(/C=N/NC(=O)c2cccs2)cc(I)c1OCC(=O)O. The molecule has 24 heavy (non-hydrogen) atoms. The number of thiophene rings is 1. The Morgan fingerprint density at radius 1 is 1.46 bits per heavy atom. The van der Waals surface area contributed by atoms with E-state index in [0.29, 0.717) is 25.5 Å². The fraction of sp³-hybridized carbons (Fsp3) is 0.133. The molecule has 0 spiro atoms. The molecule has 0 atom stereocenters. The summed E-state index contributed by atoms with van der Waals surface area (Å²) in [5, 5.41) is 14.4. The summed E-state index contributed by atoms with van der Waals surface area (Å²) in [6.45, 7) is -0.462. The number of amides is 1. The average Bonchev–Trinajstić information content (AvgIpc) is 3.07. The predicted octanol–water partition coefficient (Wildman–Crippen LogP) is 2.59. The van der Waals surface area contributed by atoms with E-state index in [-0.39, 0.29) is 5.91 Å². The molecule has 2 aromatic rings. The maximum absolute atomic E-state index is 11.8. The van der Waals surface area contributed by atoms with Gasteiger partial charge in [-0.3, -0.25) is 4.79 Å². The van der Waals surface area contributed by atoms with E-state index < -0.39 is 12.6 Å². The number of nitrogens with one attached hydrogen (secondary N) is 1. The highest BCUT2D eigenvalue weighted by Gasteiger charge is 2.12. The summed E-state index contributed by atoms with van der Waals surface area (Å²) in [4.78, 5) is 23.0. The molecule has 7 nitrogen and oxygen atoms in total. The second-order valence-corrected chi connectivity index (χ2v) is 6.50. The lowest BCUT2D eigenvalue weighted by molar-refractivity contribution is -0.139. The number of methoxy groups -OCH3 is 1. The molecular formula is C15H13IN2O5S. The van der Waals surface area contributed by atoms with Gasteiger partial charge in [0.2, 0.25) is 0 Å². The Bertz CT molecular complexity index is 761. The molecule has 0 saturated heterocycles. The molecule has 0 aliphatic carbocycles. The van der Waals surface area contributed by atoms with Gasteiger partial charge in [0, 0.05) is 0 Å². The maximum Gasteiger partial charge on any atom is 0.341 e. The van der Waals surface area contributed by atoms with Crippen LogP contribution in [0, 0.1) is 3.57 Å². The standard InChI is InChI=1S/C15H13IN2O5S/c1-22-11-6-9(5-10(16)14(11)23-8-13(19)20)7-17-18-15(21)12-3-2-4-24-12/h2-7H,8H2,1H3,(H,18,21)(H,19,20)/b17-7+. The zero-order valence-electron chi connectivity index (χ0n) is 12.5. The quantitative estimate of drug-likeness (QED) is 0.376. The number of hydrazone groups is 1. The van der Waals surface area contributed by atoms with Crippen molar-refractivity contribution in [2.45, 2.75) is 0 Å². The van der Waals surface area contributed by atoms with Crippen LogP contribution in [0.4, 0.5) is 0 Å². The topological polar surface area (TPSA) is 97.2 Å². The zero-order valence-corrected chi connectivity index (χ0v) is 15.5. The van der Waals surface area contributed by atoms with E-state index in [0.717, 1.165) is 0 Å². The lowest BCUT2D eigenvalue weighted by atomic mass is 10.2. The van der Waals surface area contributed by atoms with E-state index in [1.165, 1.54) is 24.7 Å². The van der Waals surface area contributed by atoms with E-state index >= 15 is 0 Å². The number of hydrogen-bond acceptors (Lipinski definition) is 6. The smallest absolute Gasteiger partial charge is 0.341 e. The molecule has 0 fully saturated rings. The van der Waals surface area contributed by atoms with Gasteiger partial charge in [-0.05, 0) is 51.7 Å². The molecule has 1 aromatic heterocycles. The van der Waals surface area contributed by atoms with Crippen LogP contribution in [-0.2, 0) is 4.79 Å². The van der Waals surface area contributed by atoms with Crippen molar-refractivity contribution < 1.29 is 24.2 Å². The highest BCUT2D eigenvalue weighted by molar-refractivity contribution is 14.1. The molecule has 0 bridgehead atoms. The van der Waals surface area contributed by atoms with E-state index in [1.807, 2.05) is 28.0 Å². The largest absolute Gasteiger partial charge is 0.493 e. The van der Waals surface area contributed by atoms with Gasteiger partial charge in [0.1, 0.15) is 0 Å². The summed E-state index contributed by atoms with van der Waals surface area (Å²) in [6.07, 6.45) is 1.47. The Hall–Kier alpha value is -2.14. The highest BCUT2D eigenvalue weighted by Crippen LogP contribution is 2.33. The minimum atomic E-state index is -1.07. The first-order chi connectivity index (χ1) is 11.5. The number of benzene rings is 1. The van der Waals surface area contributed by atoms with Gasteiger partial charge in [0.25, 0.3) is 5.91 Å². The van der Waals surface area contributed by atoms with Gasteiger partial charge in [-0.1, -0.05) is 6.07 Å². The van der Waals surface area contributed by atoms with Crippen LogP contribution in [0.2, 0.25) is 0 Å². The van der Waals surface area contributed by atoms with Gasteiger partial charge in [-0.15, -0.1) is 11.3 Å². The molecule has 9 heteroatoms. The van der Waals surface area contributed by atoms with Crippen LogP contribution in [-0.4, -0.2) is 36.9 Å². The summed E-state index contributed by atoms with van der Waals surface area (Å²) < 4.78 is 11.1. The molecule has 0 aliphatic rings. The first-order valence-corrected chi connectivity index (χ1v) is 8.56. The van der Waals surface area contributed by atoms with Crippen LogP contribution in [0.3, 0.4) is 0 Å². The molecule has 0 saturated carbocycles. The van der Waals surface area contributed by atoms with E-state index in [1.54, 1.807) is 24.3 Å². The first-order valence-electron chi connectivity index (χ1n) is 6.60. The van der Waals surface area contributed by atoms with Gasteiger partial charge < -0.3 is 14.6 Å². The van der Waals surface area contributed by atoms with Crippen molar-refractivity contribution in [3.63, 3.8) is 0 Å². The van der Waals surface area contributed by atoms with Crippen molar-refractivity contribution >= 4 is 52.0 Å². The number of carbonyl (C=O) groups is 2. The molecule has 1 aromatic carbocycles. The number of rotatable bonds is 7. The molecule has 1 amide bonds. The number of carbonyl (C=O) groups excluding carboxylic acids is 1. The first kappa shape index (κ1) is 18.2. The third kappa shape index (κ3) is 4.93. The minimum absolute atomic E-state index is 0.288. The Morgan fingerprint density at radius 3 is 2.88 bits per heavy atom. The maximum atomic E-state index is 11.8. The fourth-order valence-electron chi connectivity index (χ4n) is 1.72. The Labute approximate surface area is 155 Å². The average molecular weight is 460 g/mol. The van der Waals surface area contributed by atoms with Crippen LogP contribution in [0.5, 0.6) is 11.5 Å². The Morgan fingerprint density at radius 2 is 2.25 bits per heavy atom. The molecule has 2 rings (SSSR count). The second-order valence-electron chi connectivity index (χ2n) is 4.39. The minimum Gasteiger partial charge on any atom is -0.493 e. The molecule has 1 heterocycles. The van der Waals surface area contributed by atoms with E-state index in [2.05, 4.69) is 10.5 Å². The third-order valence-corrected chi connectivity index (χ3v) is 4.39. The van der Waals surface area contributed by atoms with Crippen LogP contribution in [0.15, 0.2) is 34.7 Å². The lowest BCUT2D eigenvalue weighted by Gasteiger charge is -2.12.